The second-order valence-electron chi connectivity index (χ2n) is 6.94. The summed E-state index contributed by atoms with van der Waals surface area (Å²) < 4.78 is 4.71. The number of carbonyl (C=O) groups excluding carboxylic acids is 3. The largest absolute Gasteiger partial charge is 0.465 e. The van der Waals surface area contributed by atoms with Crippen LogP contribution in [0.25, 0.3) is 0 Å². The van der Waals surface area contributed by atoms with Crippen molar-refractivity contribution in [2.45, 2.75) is 26.7 Å². The Balaban J connectivity index is 1.70. The minimum atomic E-state index is -0.424. The summed E-state index contributed by atoms with van der Waals surface area (Å²) in [6, 6.07) is 12.8. The molecule has 3 rings (SSSR count). The number of hydrogen-bond donors (Lipinski definition) is 1. The van der Waals surface area contributed by atoms with Crippen molar-refractivity contribution in [1.82, 2.24) is 0 Å². The smallest absolute Gasteiger partial charge is 0.337 e. The predicted molar refractivity (Wildman–Crippen MR) is 107 cm³/mol. The Morgan fingerprint density at radius 2 is 2.00 bits per heavy atom. The molecule has 1 N–H and O–H groups in total. The Hall–Kier alpha value is -3.15. The average molecular weight is 380 g/mol. The molecule has 0 aromatic heterocycles. The van der Waals surface area contributed by atoms with Gasteiger partial charge in [0, 0.05) is 24.3 Å². The molecular weight excluding hydrogens is 356 g/mol. The van der Waals surface area contributed by atoms with Gasteiger partial charge in [0.2, 0.25) is 11.8 Å². The molecule has 1 saturated heterocycles. The second kappa shape index (κ2) is 8.25. The molecule has 28 heavy (non-hydrogen) atoms. The highest BCUT2D eigenvalue weighted by Gasteiger charge is 2.35. The molecule has 1 heterocycles. The maximum Gasteiger partial charge on any atom is 0.337 e. The number of esters is 1. The van der Waals surface area contributed by atoms with E-state index in [9.17, 15) is 14.4 Å². The summed E-state index contributed by atoms with van der Waals surface area (Å²) in [5, 5.41) is 2.88. The van der Waals surface area contributed by atoms with Crippen LogP contribution in [0.1, 0.15) is 34.8 Å². The third-order valence-corrected chi connectivity index (χ3v) is 5.03. The zero-order valence-electron chi connectivity index (χ0n) is 16.3. The summed E-state index contributed by atoms with van der Waals surface area (Å²) >= 11 is 0. The van der Waals surface area contributed by atoms with Crippen molar-refractivity contribution in [2.24, 2.45) is 5.92 Å². The van der Waals surface area contributed by atoms with Gasteiger partial charge in [-0.05, 0) is 54.8 Å². The number of carbonyl (C=O) groups is 3. The van der Waals surface area contributed by atoms with Crippen LogP contribution < -0.4 is 10.2 Å². The van der Waals surface area contributed by atoms with Crippen molar-refractivity contribution in [3.8, 4) is 0 Å². The summed E-state index contributed by atoms with van der Waals surface area (Å²) in [7, 11) is 1.33. The van der Waals surface area contributed by atoms with Gasteiger partial charge in [-0.15, -0.1) is 0 Å². The first-order valence-electron chi connectivity index (χ1n) is 9.32. The van der Waals surface area contributed by atoms with E-state index in [1.807, 2.05) is 31.2 Å². The summed E-state index contributed by atoms with van der Waals surface area (Å²) in [6.45, 7) is 4.23. The highest BCUT2D eigenvalue weighted by molar-refractivity contribution is 6.04. The lowest BCUT2D eigenvalue weighted by atomic mass is 10.1. The first kappa shape index (κ1) is 19.6. The molecule has 0 bridgehead atoms. The fourth-order valence-electron chi connectivity index (χ4n) is 3.36. The molecule has 6 heteroatoms. The number of aryl methyl sites for hydroxylation is 2. The number of amides is 2. The van der Waals surface area contributed by atoms with Gasteiger partial charge in [-0.3, -0.25) is 9.59 Å². The van der Waals surface area contributed by atoms with Gasteiger partial charge in [0.05, 0.1) is 18.6 Å². The number of nitrogens with one attached hydrogen (secondary N) is 1. The van der Waals surface area contributed by atoms with E-state index in [0.29, 0.717) is 17.8 Å². The Labute approximate surface area is 164 Å². The third kappa shape index (κ3) is 4.06. The molecule has 1 aliphatic rings. The fraction of sp³-hybridized carbons (Fsp3) is 0.318. The fourth-order valence-corrected chi connectivity index (χ4v) is 3.36. The lowest BCUT2D eigenvalue weighted by Gasteiger charge is -2.18. The van der Waals surface area contributed by atoms with Crippen molar-refractivity contribution in [3.05, 3.63) is 59.2 Å². The standard InChI is InChI=1S/C22H24N2O4/c1-4-15-6-5-7-18(11-15)24-13-17(12-20(24)25)21(26)23-19-9-8-16(10-14(19)2)22(27)28-3/h5-11,17H,4,12-13H2,1-3H3,(H,23,26)/t17-/m1/s1. The van der Waals surface area contributed by atoms with Gasteiger partial charge in [-0.1, -0.05) is 19.1 Å². The number of nitrogens with zero attached hydrogens (tertiary/aromatic N) is 1. The minimum Gasteiger partial charge on any atom is -0.465 e. The highest BCUT2D eigenvalue weighted by Crippen LogP contribution is 2.27. The maximum absolute atomic E-state index is 12.7. The van der Waals surface area contributed by atoms with Crippen LogP contribution in [0.15, 0.2) is 42.5 Å². The van der Waals surface area contributed by atoms with Gasteiger partial charge in [-0.25, -0.2) is 4.79 Å². The third-order valence-electron chi connectivity index (χ3n) is 5.03. The number of rotatable bonds is 5. The average Bonchev–Trinajstić information content (AvgIpc) is 3.10. The number of ether oxygens (including phenoxy) is 1. The van der Waals surface area contributed by atoms with Crippen molar-refractivity contribution in [3.63, 3.8) is 0 Å². The Bertz CT molecular complexity index is 923. The molecular formula is C22H24N2O4. The number of hydrogen-bond acceptors (Lipinski definition) is 4. The van der Waals surface area contributed by atoms with Crippen molar-refractivity contribution < 1.29 is 19.1 Å². The zero-order valence-corrected chi connectivity index (χ0v) is 16.3. The van der Waals surface area contributed by atoms with Crippen LogP contribution in [-0.4, -0.2) is 31.4 Å². The van der Waals surface area contributed by atoms with E-state index in [0.717, 1.165) is 23.2 Å². The first-order valence-corrected chi connectivity index (χ1v) is 9.32. The van der Waals surface area contributed by atoms with E-state index < -0.39 is 11.9 Å². The van der Waals surface area contributed by atoms with Crippen molar-refractivity contribution >= 4 is 29.2 Å². The Morgan fingerprint density at radius 1 is 1.21 bits per heavy atom. The molecule has 0 saturated carbocycles. The monoisotopic (exact) mass is 380 g/mol. The number of anilines is 2. The quantitative estimate of drug-likeness (QED) is 0.808. The van der Waals surface area contributed by atoms with Crippen LogP contribution in [-0.2, 0) is 20.7 Å². The number of benzene rings is 2. The highest BCUT2D eigenvalue weighted by atomic mass is 16.5. The SMILES string of the molecule is CCc1cccc(N2C[C@H](C(=O)Nc3ccc(C(=O)OC)cc3C)CC2=O)c1. The van der Waals surface area contributed by atoms with Gasteiger partial charge >= 0.3 is 5.97 Å². The molecule has 0 unspecified atom stereocenters. The summed E-state index contributed by atoms with van der Waals surface area (Å²) in [5.41, 5.74) is 3.79. The van der Waals surface area contributed by atoms with Crippen LogP contribution in [0.3, 0.4) is 0 Å². The summed E-state index contributed by atoms with van der Waals surface area (Å²) in [4.78, 5) is 38.4. The first-order chi connectivity index (χ1) is 13.4. The van der Waals surface area contributed by atoms with E-state index in [-0.39, 0.29) is 18.2 Å². The molecule has 2 aromatic carbocycles. The number of methoxy groups -OCH3 is 1. The Morgan fingerprint density at radius 3 is 2.68 bits per heavy atom. The zero-order chi connectivity index (χ0) is 20.3. The molecule has 1 fully saturated rings. The molecule has 2 aromatic rings. The predicted octanol–water partition coefficient (Wildman–Crippen LogP) is 3.34. The van der Waals surface area contributed by atoms with E-state index in [1.54, 1.807) is 23.1 Å². The van der Waals surface area contributed by atoms with Crippen LogP contribution >= 0.6 is 0 Å². The second-order valence-corrected chi connectivity index (χ2v) is 6.94. The maximum atomic E-state index is 12.7. The molecule has 1 aliphatic heterocycles. The molecule has 146 valence electrons. The lowest BCUT2D eigenvalue weighted by molar-refractivity contribution is -0.122. The molecule has 0 radical (unpaired) electrons. The molecule has 2 amide bonds. The normalized spacial score (nSPS) is 16.2. The van der Waals surface area contributed by atoms with Crippen LogP contribution in [0.2, 0.25) is 0 Å². The van der Waals surface area contributed by atoms with Crippen LogP contribution in [0.4, 0.5) is 11.4 Å². The van der Waals surface area contributed by atoms with Gasteiger partial charge in [-0.2, -0.15) is 0 Å². The molecule has 0 aliphatic carbocycles. The summed E-state index contributed by atoms with van der Waals surface area (Å²) in [6.07, 6.45) is 1.07. The van der Waals surface area contributed by atoms with Crippen LogP contribution in [0, 0.1) is 12.8 Å². The van der Waals surface area contributed by atoms with Crippen molar-refractivity contribution in [1.29, 1.82) is 0 Å². The van der Waals surface area contributed by atoms with Crippen LogP contribution in [0.5, 0.6) is 0 Å². The Kier molecular flexibility index (Phi) is 5.78. The van der Waals surface area contributed by atoms with E-state index in [2.05, 4.69) is 12.2 Å². The molecule has 6 nitrogen and oxygen atoms in total. The van der Waals surface area contributed by atoms with E-state index in [4.69, 9.17) is 4.74 Å². The van der Waals surface area contributed by atoms with Gasteiger partial charge in [0.25, 0.3) is 0 Å². The van der Waals surface area contributed by atoms with E-state index >= 15 is 0 Å². The topological polar surface area (TPSA) is 75.7 Å². The van der Waals surface area contributed by atoms with Gasteiger partial charge < -0.3 is 15.0 Å². The summed E-state index contributed by atoms with van der Waals surface area (Å²) in [5.74, 6) is -1.09. The molecule has 0 spiro atoms. The van der Waals surface area contributed by atoms with Gasteiger partial charge in [0.15, 0.2) is 0 Å². The lowest BCUT2D eigenvalue weighted by Crippen LogP contribution is -2.28. The van der Waals surface area contributed by atoms with Crippen molar-refractivity contribution in [2.75, 3.05) is 23.9 Å². The minimum absolute atomic E-state index is 0.0498. The van der Waals surface area contributed by atoms with E-state index in [1.165, 1.54) is 7.11 Å². The van der Waals surface area contributed by atoms with Gasteiger partial charge in [0.1, 0.15) is 0 Å². The molecule has 1 atom stereocenters.